The molecule has 0 atom stereocenters. The number of fused-ring (bicyclic) bond motifs is 1. The van der Waals surface area contributed by atoms with Crippen molar-refractivity contribution in [3.05, 3.63) is 24.0 Å². The Kier molecular flexibility index (Phi) is 4.48. The molecule has 0 bridgehead atoms. The highest BCUT2D eigenvalue weighted by Gasteiger charge is 2.21. The van der Waals surface area contributed by atoms with Gasteiger partial charge >= 0.3 is 0 Å². The Hall–Kier alpha value is -3.01. The average molecular weight is 349 g/mol. The molecule has 1 fully saturated rings. The van der Waals surface area contributed by atoms with Crippen LogP contribution in [0.1, 0.15) is 37.7 Å². The molecule has 0 aromatic carbocycles. The zero-order chi connectivity index (χ0) is 17.9. The molecule has 3 aromatic heterocycles. The molecular formula is C19H23N7. The highest BCUT2D eigenvalue weighted by Crippen LogP contribution is 2.29. The first kappa shape index (κ1) is 16.5. The van der Waals surface area contributed by atoms with Gasteiger partial charge in [-0.15, -0.1) is 12.3 Å². The first-order chi connectivity index (χ1) is 12.7. The fourth-order valence-electron chi connectivity index (χ4n) is 3.55. The molecule has 26 heavy (non-hydrogen) atoms. The van der Waals surface area contributed by atoms with E-state index in [0.29, 0.717) is 17.9 Å². The van der Waals surface area contributed by atoms with E-state index in [-0.39, 0.29) is 0 Å². The zero-order valence-electron chi connectivity index (χ0n) is 14.8. The van der Waals surface area contributed by atoms with E-state index in [9.17, 15) is 0 Å². The Morgan fingerprint density at radius 1 is 1.27 bits per heavy atom. The summed E-state index contributed by atoms with van der Waals surface area (Å²) in [6.07, 6.45) is 14.5. The number of hydrogen-bond acceptors (Lipinski definition) is 5. The summed E-state index contributed by atoms with van der Waals surface area (Å²) in [6, 6.07) is 2.36. The summed E-state index contributed by atoms with van der Waals surface area (Å²) in [7, 11) is 0. The predicted molar refractivity (Wildman–Crippen MR) is 103 cm³/mol. The Morgan fingerprint density at radius 2 is 2.12 bits per heavy atom. The molecule has 0 saturated heterocycles. The maximum atomic E-state index is 5.44. The second-order valence-corrected chi connectivity index (χ2v) is 6.96. The van der Waals surface area contributed by atoms with Gasteiger partial charge in [-0.3, -0.25) is 5.10 Å². The third kappa shape index (κ3) is 3.36. The number of nitrogens with zero attached hydrogens (tertiary/aromatic N) is 3. The molecule has 4 N–H and O–H groups in total. The number of aromatic amines is 2. The van der Waals surface area contributed by atoms with E-state index >= 15 is 0 Å². The fourth-order valence-corrected chi connectivity index (χ4v) is 3.55. The van der Waals surface area contributed by atoms with Crippen LogP contribution in [-0.4, -0.2) is 31.2 Å². The van der Waals surface area contributed by atoms with Crippen LogP contribution in [0, 0.1) is 25.2 Å². The molecule has 4 rings (SSSR count). The molecule has 0 spiro atoms. The normalized spacial score (nSPS) is 20.0. The van der Waals surface area contributed by atoms with Gasteiger partial charge in [0, 0.05) is 24.2 Å². The van der Waals surface area contributed by atoms with Crippen LogP contribution >= 0.6 is 0 Å². The molecule has 1 aliphatic rings. The lowest BCUT2D eigenvalue weighted by atomic mass is 9.84. The molecule has 0 aliphatic heterocycles. The van der Waals surface area contributed by atoms with Crippen LogP contribution in [0.4, 0.5) is 17.6 Å². The zero-order valence-corrected chi connectivity index (χ0v) is 14.8. The number of aryl methyl sites for hydroxylation is 1. The molecule has 0 radical (unpaired) electrons. The average Bonchev–Trinajstić information content (AvgIpc) is 3.26. The van der Waals surface area contributed by atoms with E-state index in [4.69, 9.17) is 11.4 Å². The van der Waals surface area contributed by atoms with E-state index in [2.05, 4.69) is 36.7 Å². The molecule has 134 valence electrons. The third-order valence-corrected chi connectivity index (χ3v) is 5.07. The van der Waals surface area contributed by atoms with Gasteiger partial charge in [-0.1, -0.05) is 0 Å². The summed E-state index contributed by atoms with van der Waals surface area (Å²) in [6.45, 7) is 2.00. The van der Waals surface area contributed by atoms with E-state index < -0.39 is 0 Å². The van der Waals surface area contributed by atoms with Crippen molar-refractivity contribution < 1.29 is 0 Å². The second kappa shape index (κ2) is 7.08. The van der Waals surface area contributed by atoms with Gasteiger partial charge < -0.3 is 15.6 Å². The lowest BCUT2D eigenvalue weighted by Gasteiger charge is -2.28. The highest BCUT2D eigenvalue weighted by atomic mass is 15.2. The van der Waals surface area contributed by atoms with Crippen molar-refractivity contribution >= 4 is 28.6 Å². The van der Waals surface area contributed by atoms with Crippen LogP contribution in [0.25, 0.3) is 11.0 Å². The number of rotatable bonds is 5. The molecule has 0 unspecified atom stereocenters. The van der Waals surface area contributed by atoms with Crippen LogP contribution < -0.4 is 10.6 Å². The van der Waals surface area contributed by atoms with Crippen molar-refractivity contribution in [3.8, 4) is 12.3 Å². The van der Waals surface area contributed by atoms with Crippen LogP contribution in [0.2, 0.25) is 0 Å². The smallest absolute Gasteiger partial charge is 0.226 e. The fraction of sp³-hybridized carbons (Fsp3) is 0.421. The van der Waals surface area contributed by atoms with Gasteiger partial charge in [0.15, 0.2) is 0 Å². The van der Waals surface area contributed by atoms with Crippen molar-refractivity contribution in [2.45, 2.75) is 45.1 Å². The summed E-state index contributed by atoms with van der Waals surface area (Å²) in [4.78, 5) is 12.5. The summed E-state index contributed by atoms with van der Waals surface area (Å²) in [5.41, 5.74) is 1.84. The number of aromatic nitrogens is 5. The predicted octanol–water partition coefficient (Wildman–Crippen LogP) is 3.73. The summed E-state index contributed by atoms with van der Waals surface area (Å²) in [5.74, 6) is 5.68. The molecule has 7 nitrogen and oxygen atoms in total. The van der Waals surface area contributed by atoms with Crippen molar-refractivity contribution in [2.24, 2.45) is 5.92 Å². The van der Waals surface area contributed by atoms with Crippen LogP contribution in [0.5, 0.6) is 0 Å². The molecule has 3 aromatic rings. The monoisotopic (exact) mass is 349 g/mol. The molecule has 3 heterocycles. The Balaban J connectivity index is 1.53. The first-order valence-electron chi connectivity index (χ1n) is 9.05. The van der Waals surface area contributed by atoms with Crippen LogP contribution in [0.3, 0.4) is 0 Å². The lowest BCUT2D eigenvalue weighted by Crippen LogP contribution is -2.27. The minimum atomic E-state index is 0.387. The maximum Gasteiger partial charge on any atom is 0.226 e. The van der Waals surface area contributed by atoms with Gasteiger partial charge in [0.05, 0.1) is 11.6 Å². The Labute approximate surface area is 152 Å². The quantitative estimate of drug-likeness (QED) is 0.527. The van der Waals surface area contributed by atoms with Gasteiger partial charge in [-0.25, -0.2) is 0 Å². The van der Waals surface area contributed by atoms with Gasteiger partial charge in [-0.2, -0.15) is 15.1 Å². The van der Waals surface area contributed by atoms with Crippen molar-refractivity contribution in [2.75, 3.05) is 10.6 Å². The largest absolute Gasteiger partial charge is 0.351 e. The van der Waals surface area contributed by atoms with E-state index in [1.54, 1.807) is 6.20 Å². The second-order valence-electron chi connectivity index (χ2n) is 6.96. The maximum absolute atomic E-state index is 5.44. The van der Waals surface area contributed by atoms with Crippen molar-refractivity contribution in [1.29, 1.82) is 0 Å². The third-order valence-electron chi connectivity index (χ3n) is 5.07. The number of anilines is 3. The topological polar surface area (TPSA) is 94.3 Å². The SMILES string of the molecule is C#CCC1CCC(Nc2nc(Nc3[nH]ncc3C)c3cc[nH]c3n2)CC1. The van der Waals surface area contributed by atoms with Gasteiger partial charge in [0.1, 0.15) is 17.3 Å². The summed E-state index contributed by atoms with van der Waals surface area (Å²) >= 11 is 0. The molecule has 0 amide bonds. The van der Waals surface area contributed by atoms with Gasteiger partial charge in [0.25, 0.3) is 0 Å². The highest BCUT2D eigenvalue weighted by molar-refractivity contribution is 5.89. The first-order valence-corrected chi connectivity index (χ1v) is 9.05. The van der Waals surface area contributed by atoms with Gasteiger partial charge in [-0.05, 0) is 44.6 Å². The standard InChI is InChI=1S/C19H23N7/c1-3-4-13-5-7-14(8-6-13)22-19-24-17-15(9-10-20-17)18(25-19)23-16-12(2)11-21-26-16/h1,9-11,13-14H,4-8H2,2H3,(H4,20,21,22,23,24,25,26). The number of terminal acetylenes is 1. The molecule has 1 aliphatic carbocycles. The van der Waals surface area contributed by atoms with Crippen molar-refractivity contribution in [3.63, 3.8) is 0 Å². The Bertz CT molecular complexity index is 925. The Morgan fingerprint density at radius 3 is 2.85 bits per heavy atom. The lowest BCUT2D eigenvalue weighted by molar-refractivity contribution is 0.343. The number of hydrogen-bond donors (Lipinski definition) is 4. The van der Waals surface area contributed by atoms with E-state index in [0.717, 1.165) is 60.3 Å². The minimum absolute atomic E-state index is 0.387. The van der Waals surface area contributed by atoms with Crippen LogP contribution in [0.15, 0.2) is 18.5 Å². The van der Waals surface area contributed by atoms with E-state index in [1.807, 2.05) is 19.2 Å². The summed E-state index contributed by atoms with van der Waals surface area (Å²) < 4.78 is 0. The number of H-pyrrole nitrogens is 2. The van der Waals surface area contributed by atoms with Crippen LogP contribution in [-0.2, 0) is 0 Å². The van der Waals surface area contributed by atoms with Crippen molar-refractivity contribution in [1.82, 2.24) is 25.1 Å². The van der Waals surface area contributed by atoms with Gasteiger partial charge in [0.2, 0.25) is 5.95 Å². The molecule has 7 heteroatoms. The number of nitrogens with one attached hydrogen (secondary N) is 4. The minimum Gasteiger partial charge on any atom is -0.351 e. The summed E-state index contributed by atoms with van der Waals surface area (Å²) in [5, 5.41) is 14.8. The van der Waals surface area contributed by atoms with E-state index in [1.165, 1.54) is 0 Å². The molecular weight excluding hydrogens is 326 g/mol. The molecule has 1 saturated carbocycles.